The maximum atomic E-state index is 10.6. The molecule has 2 fully saturated rings. The van der Waals surface area contributed by atoms with Gasteiger partial charge in [0.2, 0.25) is 0 Å². The third-order valence-corrected chi connectivity index (χ3v) is 5.27. The van der Waals surface area contributed by atoms with E-state index in [2.05, 4.69) is 0 Å². The number of ether oxygens (including phenoxy) is 4. The van der Waals surface area contributed by atoms with Gasteiger partial charge in [-0.3, -0.25) is 0 Å². The number of aliphatic hydroxyl groups is 2. The second kappa shape index (κ2) is 8.65. The lowest BCUT2D eigenvalue weighted by molar-refractivity contribution is -0.352. The maximum absolute atomic E-state index is 10.6. The van der Waals surface area contributed by atoms with Gasteiger partial charge in [0, 0.05) is 21.2 Å². The van der Waals surface area contributed by atoms with E-state index in [1.165, 1.54) is 0 Å². The molecule has 2 heterocycles. The van der Waals surface area contributed by atoms with E-state index in [1.807, 2.05) is 12.1 Å². The summed E-state index contributed by atoms with van der Waals surface area (Å²) in [6.07, 6.45) is -4.86. The first-order valence-electron chi connectivity index (χ1n) is 8.93. The van der Waals surface area contributed by atoms with Crippen molar-refractivity contribution in [1.82, 2.24) is 0 Å². The number of halogens is 2. The number of hydrogen-bond acceptors (Lipinski definition) is 6. The van der Waals surface area contributed by atoms with Crippen molar-refractivity contribution in [3.05, 3.63) is 69.7 Å². The highest BCUT2D eigenvalue weighted by atomic mass is 35.5. The van der Waals surface area contributed by atoms with Gasteiger partial charge in [0.05, 0.1) is 13.2 Å². The van der Waals surface area contributed by atoms with Crippen molar-refractivity contribution in [1.29, 1.82) is 0 Å². The highest BCUT2D eigenvalue weighted by molar-refractivity contribution is 6.30. The summed E-state index contributed by atoms with van der Waals surface area (Å²) >= 11 is 12.1. The summed E-state index contributed by atoms with van der Waals surface area (Å²) in [7, 11) is 0. The van der Waals surface area contributed by atoms with Gasteiger partial charge in [0.15, 0.2) is 12.6 Å². The van der Waals surface area contributed by atoms with Gasteiger partial charge in [-0.15, -0.1) is 0 Å². The normalized spacial score (nSPS) is 33.1. The van der Waals surface area contributed by atoms with E-state index in [1.54, 1.807) is 36.4 Å². The summed E-state index contributed by atoms with van der Waals surface area (Å²) < 4.78 is 23.7. The van der Waals surface area contributed by atoms with Crippen LogP contribution in [0.15, 0.2) is 48.5 Å². The minimum absolute atomic E-state index is 0.0768. The first kappa shape index (κ1) is 20.1. The molecule has 150 valence electrons. The van der Waals surface area contributed by atoms with Crippen molar-refractivity contribution < 1.29 is 29.2 Å². The predicted molar refractivity (Wildman–Crippen MR) is 102 cm³/mol. The topological polar surface area (TPSA) is 77.4 Å². The SMILES string of the molecule is OC[C@@H]1OC(c2cccc(Cl)c2)OC[C@H]2OC(c3cccc(Cl)c3)O[C@@H]1[C@H]2O. The van der Waals surface area contributed by atoms with Gasteiger partial charge < -0.3 is 29.2 Å². The third-order valence-electron chi connectivity index (χ3n) is 4.79. The molecular formula is C20H20Cl2O6. The van der Waals surface area contributed by atoms with Crippen molar-refractivity contribution >= 4 is 23.2 Å². The lowest BCUT2D eigenvalue weighted by Gasteiger charge is -2.45. The molecule has 6 atom stereocenters. The zero-order chi connectivity index (χ0) is 19.7. The molecule has 2 aromatic rings. The minimum atomic E-state index is -1.02. The third kappa shape index (κ3) is 4.20. The van der Waals surface area contributed by atoms with Crippen molar-refractivity contribution in [3.8, 4) is 0 Å². The Bertz CT molecular complexity index is 773. The Labute approximate surface area is 172 Å². The first-order valence-corrected chi connectivity index (χ1v) is 9.68. The Morgan fingerprint density at radius 1 is 0.893 bits per heavy atom. The quantitative estimate of drug-likeness (QED) is 0.784. The molecule has 0 aromatic heterocycles. The molecule has 2 bridgehead atoms. The van der Waals surface area contributed by atoms with Crippen LogP contribution in [0.5, 0.6) is 0 Å². The Kier molecular flexibility index (Phi) is 6.20. The van der Waals surface area contributed by atoms with E-state index in [0.29, 0.717) is 21.2 Å². The number of rotatable bonds is 3. The molecule has 0 saturated carbocycles. The molecule has 6 nitrogen and oxygen atoms in total. The summed E-state index contributed by atoms with van der Waals surface area (Å²) in [5.74, 6) is 0. The molecule has 28 heavy (non-hydrogen) atoms. The standard InChI is InChI=1S/C20H20Cl2O6/c21-13-5-1-3-11(7-13)19-25-10-16-17(24)18(15(9-23)26-19)28-20(27-16)12-4-2-6-14(22)8-12/h1-8,15-20,23-24H,9-10H2/t15-,16+,17-,18-,19?,20?/m0/s1. The minimum Gasteiger partial charge on any atom is -0.394 e. The van der Waals surface area contributed by atoms with Crippen LogP contribution in [0.3, 0.4) is 0 Å². The predicted octanol–water partition coefficient (Wildman–Crippen LogP) is 3.24. The van der Waals surface area contributed by atoms with Crippen LogP contribution in [0.2, 0.25) is 10.0 Å². The molecule has 2 saturated heterocycles. The summed E-state index contributed by atoms with van der Waals surface area (Å²) in [4.78, 5) is 0. The first-order chi connectivity index (χ1) is 13.5. The molecule has 0 amide bonds. The Morgan fingerprint density at radius 3 is 2.14 bits per heavy atom. The van der Waals surface area contributed by atoms with Crippen molar-refractivity contribution in [2.75, 3.05) is 13.2 Å². The van der Waals surface area contributed by atoms with Crippen LogP contribution in [-0.4, -0.2) is 47.8 Å². The lowest BCUT2D eigenvalue weighted by Crippen LogP contribution is -2.57. The second-order valence-corrected chi connectivity index (χ2v) is 7.60. The van der Waals surface area contributed by atoms with Crippen molar-refractivity contribution in [2.24, 2.45) is 0 Å². The molecular weight excluding hydrogens is 407 g/mol. The van der Waals surface area contributed by atoms with Gasteiger partial charge >= 0.3 is 0 Å². The maximum Gasteiger partial charge on any atom is 0.185 e. The van der Waals surface area contributed by atoms with Crippen molar-refractivity contribution in [2.45, 2.75) is 37.0 Å². The van der Waals surface area contributed by atoms with E-state index in [0.717, 1.165) is 0 Å². The van der Waals surface area contributed by atoms with Crippen LogP contribution in [0, 0.1) is 0 Å². The summed E-state index contributed by atoms with van der Waals surface area (Å²) in [5.41, 5.74) is 1.41. The van der Waals surface area contributed by atoms with E-state index >= 15 is 0 Å². The van der Waals surface area contributed by atoms with Crippen molar-refractivity contribution in [3.63, 3.8) is 0 Å². The Balaban J connectivity index is 1.60. The summed E-state index contributed by atoms with van der Waals surface area (Å²) in [6, 6.07) is 14.2. The molecule has 2 aromatic carbocycles. The fraction of sp³-hybridized carbons (Fsp3) is 0.400. The van der Waals surface area contributed by atoms with Crippen LogP contribution in [0.4, 0.5) is 0 Å². The highest BCUT2D eigenvalue weighted by Crippen LogP contribution is 2.37. The van der Waals surface area contributed by atoms with Gasteiger partial charge in [-0.2, -0.15) is 0 Å². The monoisotopic (exact) mass is 426 g/mol. The fourth-order valence-corrected chi connectivity index (χ4v) is 3.79. The Morgan fingerprint density at radius 2 is 1.54 bits per heavy atom. The smallest absolute Gasteiger partial charge is 0.185 e. The number of fused-ring (bicyclic) bond motifs is 2. The zero-order valence-corrected chi connectivity index (χ0v) is 16.3. The molecule has 8 heteroatoms. The van der Waals surface area contributed by atoms with Crippen LogP contribution in [0.1, 0.15) is 23.7 Å². The van der Waals surface area contributed by atoms with Crippen LogP contribution in [0.25, 0.3) is 0 Å². The van der Waals surface area contributed by atoms with Crippen LogP contribution >= 0.6 is 23.2 Å². The number of hydrogen-bond donors (Lipinski definition) is 2. The van der Waals surface area contributed by atoms with Gasteiger partial charge in [-0.1, -0.05) is 47.5 Å². The van der Waals surface area contributed by atoms with Gasteiger partial charge in [0.1, 0.15) is 24.4 Å². The number of benzene rings is 2. The average molecular weight is 427 g/mol. The highest BCUT2D eigenvalue weighted by Gasteiger charge is 2.46. The average Bonchev–Trinajstić information content (AvgIpc) is 2.69. The summed E-state index contributed by atoms with van der Waals surface area (Å²) in [5, 5.41) is 21.6. The van der Waals surface area contributed by atoms with Gasteiger partial charge in [0.25, 0.3) is 0 Å². The molecule has 2 unspecified atom stereocenters. The van der Waals surface area contributed by atoms with Crippen LogP contribution in [-0.2, 0) is 18.9 Å². The molecule has 2 N–H and O–H groups in total. The second-order valence-electron chi connectivity index (χ2n) is 6.73. The largest absolute Gasteiger partial charge is 0.394 e. The zero-order valence-electron chi connectivity index (χ0n) is 14.8. The molecule has 0 spiro atoms. The number of aliphatic hydroxyl groups excluding tert-OH is 2. The Hall–Kier alpha value is -1.22. The van der Waals surface area contributed by atoms with E-state index in [4.69, 9.17) is 42.1 Å². The molecule has 2 aliphatic heterocycles. The molecule has 2 aliphatic rings. The van der Waals surface area contributed by atoms with Crippen LogP contribution < -0.4 is 0 Å². The van der Waals surface area contributed by atoms with E-state index < -0.39 is 37.0 Å². The van der Waals surface area contributed by atoms with E-state index in [9.17, 15) is 10.2 Å². The van der Waals surface area contributed by atoms with E-state index in [-0.39, 0.29) is 13.2 Å². The fourth-order valence-electron chi connectivity index (χ4n) is 3.39. The molecule has 4 rings (SSSR count). The molecule has 0 aliphatic carbocycles. The molecule has 0 radical (unpaired) electrons. The van der Waals surface area contributed by atoms with Gasteiger partial charge in [-0.05, 0) is 24.3 Å². The lowest BCUT2D eigenvalue weighted by atomic mass is 10.00. The van der Waals surface area contributed by atoms with Gasteiger partial charge in [-0.25, -0.2) is 0 Å². The summed E-state index contributed by atoms with van der Waals surface area (Å²) in [6.45, 7) is -0.287.